The van der Waals surface area contributed by atoms with Crippen molar-refractivity contribution in [3.8, 4) is 6.07 Å². The highest BCUT2D eigenvalue weighted by molar-refractivity contribution is 7.89. The first-order chi connectivity index (χ1) is 9.92. The van der Waals surface area contributed by atoms with Crippen LogP contribution in [0.2, 0.25) is 0 Å². The summed E-state index contributed by atoms with van der Waals surface area (Å²) in [6, 6.07) is 7.78. The summed E-state index contributed by atoms with van der Waals surface area (Å²) < 4.78 is 28.5. The van der Waals surface area contributed by atoms with Gasteiger partial charge in [0.15, 0.2) is 0 Å². The summed E-state index contributed by atoms with van der Waals surface area (Å²) in [5.41, 5.74) is 6.71. The van der Waals surface area contributed by atoms with Crippen molar-refractivity contribution in [2.75, 3.05) is 12.3 Å². The third-order valence-corrected chi connectivity index (χ3v) is 4.37. The van der Waals surface area contributed by atoms with Crippen LogP contribution in [0.15, 0.2) is 35.4 Å². The number of aryl methyl sites for hydroxylation is 1. The number of hydrogen-bond acceptors (Lipinski definition) is 5. The Morgan fingerprint density at radius 2 is 2.19 bits per heavy atom. The van der Waals surface area contributed by atoms with Crippen molar-refractivity contribution in [2.24, 2.45) is 7.05 Å². The maximum atomic E-state index is 12.2. The molecule has 0 fully saturated rings. The lowest BCUT2D eigenvalue weighted by Gasteiger charge is -2.08. The monoisotopic (exact) mass is 305 g/mol. The minimum atomic E-state index is -3.75. The molecule has 1 aromatic carbocycles. The summed E-state index contributed by atoms with van der Waals surface area (Å²) in [6.45, 7) is 0.203. The van der Waals surface area contributed by atoms with Crippen molar-refractivity contribution < 1.29 is 8.42 Å². The smallest absolute Gasteiger partial charge is 0.241 e. The zero-order valence-corrected chi connectivity index (χ0v) is 12.3. The number of nitrogens with one attached hydrogen (secondary N) is 1. The highest BCUT2D eigenvalue weighted by Gasteiger charge is 2.18. The van der Waals surface area contributed by atoms with Gasteiger partial charge in [-0.3, -0.25) is 4.68 Å². The zero-order chi connectivity index (χ0) is 15.5. The molecule has 0 saturated carbocycles. The Morgan fingerprint density at radius 1 is 1.43 bits per heavy atom. The Bertz CT molecular complexity index is 789. The van der Waals surface area contributed by atoms with Crippen LogP contribution < -0.4 is 10.5 Å². The van der Waals surface area contributed by atoms with E-state index < -0.39 is 10.0 Å². The number of nitrogens with two attached hydrogens (primary N) is 1. The zero-order valence-electron chi connectivity index (χ0n) is 11.4. The lowest BCUT2D eigenvalue weighted by Crippen LogP contribution is -2.26. The minimum absolute atomic E-state index is 0.0281. The number of hydrogen-bond donors (Lipinski definition) is 2. The maximum Gasteiger partial charge on any atom is 0.241 e. The van der Waals surface area contributed by atoms with Gasteiger partial charge in [-0.05, 0) is 24.3 Å². The second-order valence-electron chi connectivity index (χ2n) is 4.50. The summed E-state index contributed by atoms with van der Waals surface area (Å²) in [7, 11) is -1.95. The second-order valence-corrected chi connectivity index (χ2v) is 6.23. The molecule has 110 valence electrons. The SMILES string of the molecule is Cn1ccc(CCNS(=O)(=O)c2ccc(N)cc2C#N)n1. The van der Waals surface area contributed by atoms with Crippen LogP contribution in [-0.2, 0) is 23.5 Å². The molecule has 1 aromatic heterocycles. The van der Waals surface area contributed by atoms with Gasteiger partial charge in [-0.2, -0.15) is 10.4 Å². The van der Waals surface area contributed by atoms with Gasteiger partial charge in [-0.25, -0.2) is 13.1 Å². The molecular weight excluding hydrogens is 290 g/mol. The molecule has 8 heteroatoms. The Morgan fingerprint density at radius 3 is 2.81 bits per heavy atom. The molecule has 2 rings (SSSR count). The number of nitriles is 1. The van der Waals surface area contributed by atoms with E-state index in [1.165, 1.54) is 18.2 Å². The fourth-order valence-electron chi connectivity index (χ4n) is 1.86. The van der Waals surface area contributed by atoms with Crippen molar-refractivity contribution in [1.82, 2.24) is 14.5 Å². The first-order valence-electron chi connectivity index (χ1n) is 6.20. The predicted octanol–water partition coefficient (Wildman–Crippen LogP) is 0.395. The van der Waals surface area contributed by atoms with Crippen LogP contribution in [0.1, 0.15) is 11.3 Å². The van der Waals surface area contributed by atoms with Gasteiger partial charge in [0.25, 0.3) is 0 Å². The molecule has 0 radical (unpaired) electrons. The van der Waals surface area contributed by atoms with E-state index in [0.29, 0.717) is 12.1 Å². The van der Waals surface area contributed by atoms with E-state index >= 15 is 0 Å². The van der Waals surface area contributed by atoms with Crippen molar-refractivity contribution in [3.05, 3.63) is 41.7 Å². The van der Waals surface area contributed by atoms with E-state index in [1.54, 1.807) is 17.9 Å². The van der Waals surface area contributed by atoms with Crippen molar-refractivity contribution in [2.45, 2.75) is 11.3 Å². The van der Waals surface area contributed by atoms with Crippen LogP contribution in [0, 0.1) is 11.3 Å². The van der Waals surface area contributed by atoms with Gasteiger partial charge < -0.3 is 5.73 Å². The van der Waals surface area contributed by atoms with Gasteiger partial charge in [-0.1, -0.05) is 0 Å². The molecule has 1 heterocycles. The van der Waals surface area contributed by atoms with Crippen LogP contribution in [0.5, 0.6) is 0 Å². The molecule has 7 nitrogen and oxygen atoms in total. The van der Waals surface area contributed by atoms with Gasteiger partial charge in [-0.15, -0.1) is 0 Å². The number of nitrogens with zero attached hydrogens (tertiary/aromatic N) is 3. The van der Waals surface area contributed by atoms with Gasteiger partial charge >= 0.3 is 0 Å². The van der Waals surface area contributed by atoms with E-state index in [1.807, 2.05) is 12.1 Å². The predicted molar refractivity (Wildman–Crippen MR) is 77.7 cm³/mol. The third kappa shape index (κ3) is 3.59. The molecule has 0 aliphatic rings. The van der Waals surface area contributed by atoms with Crippen LogP contribution in [-0.4, -0.2) is 24.7 Å². The summed E-state index contributed by atoms with van der Waals surface area (Å²) in [6.07, 6.45) is 2.26. The van der Waals surface area contributed by atoms with E-state index in [2.05, 4.69) is 9.82 Å². The molecular formula is C13H15N5O2S. The summed E-state index contributed by atoms with van der Waals surface area (Å²) in [4.78, 5) is -0.0692. The molecule has 0 aliphatic carbocycles. The van der Waals surface area contributed by atoms with E-state index in [9.17, 15) is 8.42 Å². The van der Waals surface area contributed by atoms with E-state index in [0.717, 1.165) is 5.69 Å². The summed E-state index contributed by atoms with van der Waals surface area (Å²) in [5.74, 6) is 0. The van der Waals surface area contributed by atoms with Crippen LogP contribution in [0.3, 0.4) is 0 Å². The molecule has 0 spiro atoms. The number of sulfonamides is 1. The van der Waals surface area contributed by atoms with Gasteiger partial charge in [0.2, 0.25) is 10.0 Å². The molecule has 0 amide bonds. The average Bonchev–Trinajstić information content (AvgIpc) is 2.83. The molecule has 21 heavy (non-hydrogen) atoms. The van der Waals surface area contributed by atoms with E-state index in [-0.39, 0.29) is 17.0 Å². The number of aromatic nitrogens is 2. The van der Waals surface area contributed by atoms with Gasteiger partial charge in [0, 0.05) is 31.9 Å². The number of nitrogen functional groups attached to an aromatic ring is 1. The minimum Gasteiger partial charge on any atom is -0.399 e. The van der Waals surface area contributed by atoms with Crippen molar-refractivity contribution in [3.63, 3.8) is 0 Å². The Balaban J connectivity index is 2.10. The van der Waals surface area contributed by atoms with Gasteiger partial charge in [0.1, 0.15) is 6.07 Å². The fourth-order valence-corrected chi connectivity index (χ4v) is 3.02. The van der Waals surface area contributed by atoms with Crippen molar-refractivity contribution in [1.29, 1.82) is 5.26 Å². The standard InChI is InChI=1S/C13H15N5O2S/c1-18-7-5-12(17-18)4-6-16-21(19,20)13-3-2-11(15)8-10(13)9-14/h2-3,5,7-8,16H,4,6,15H2,1H3. The largest absolute Gasteiger partial charge is 0.399 e. The molecule has 0 saturated heterocycles. The number of benzene rings is 1. The molecule has 0 atom stereocenters. The molecule has 0 unspecified atom stereocenters. The molecule has 3 N–H and O–H groups in total. The lowest BCUT2D eigenvalue weighted by atomic mass is 10.2. The first kappa shape index (κ1) is 15.0. The van der Waals surface area contributed by atoms with Crippen LogP contribution in [0.4, 0.5) is 5.69 Å². The average molecular weight is 305 g/mol. The Hall–Kier alpha value is -2.37. The number of rotatable bonds is 5. The normalized spacial score (nSPS) is 11.2. The second kappa shape index (κ2) is 5.95. The quantitative estimate of drug-likeness (QED) is 0.776. The first-order valence-corrected chi connectivity index (χ1v) is 7.68. The van der Waals surface area contributed by atoms with E-state index in [4.69, 9.17) is 11.0 Å². The molecule has 0 bridgehead atoms. The highest BCUT2D eigenvalue weighted by Crippen LogP contribution is 2.17. The maximum absolute atomic E-state index is 12.2. The topological polar surface area (TPSA) is 114 Å². The van der Waals surface area contributed by atoms with Gasteiger partial charge in [0.05, 0.1) is 16.2 Å². The molecule has 0 aliphatic heterocycles. The molecule has 2 aromatic rings. The lowest BCUT2D eigenvalue weighted by molar-refractivity contribution is 0.580. The number of anilines is 1. The van der Waals surface area contributed by atoms with Crippen LogP contribution >= 0.6 is 0 Å². The van der Waals surface area contributed by atoms with Crippen molar-refractivity contribution >= 4 is 15.7 Å². The third-order valence-electron chi connectivity index (χ3n) is 2.86. The Labute approximate surface area is 123 Å². The summed E-state index contributed by atoms with van der Waals surface area (Å²) in [5, 5.41) is 13.2. The fraction of sp³-hybridized carbons (Fsp3) is 0.231. The summed E-state index contributed by atoms with van der Waals surface area (Å²) >= 11 is 0. The Kier molecular flexibility index (Phi) is 4.26. The van der Waals surface area contributed by atoms with Crippen LogP contribution in [0.25, 0.3) is 0 Å². The highest BCUT2D eigenvalue weighted by atomic mass is 32.2.